The van der Waals surface area contributed by atoms with Crippen LogP contribution in [0.2, 0.25) is 5.02 Å². The third-order valence-electron chi connectivity index (χ3n) is 1.38. The Morgan fingerprint density at radius 2 is 1.93 bits per heavy atom. The Hall–Kier alpha value is -0.420. The lowest BCUT2D eigenvalue weighted by Crippen LogP contribution is -2.41. The fourth-order valence-electron chi connectivity index (χ4n) is 0.652. The van der Waals surface area contributed by atoms with Crippen LogP contribution in [-0.2, 0) is 4.57 Å². The summed E-state index contributed by atoms with van der Waals surface area (Å²) in [6, 6.07) is 5.71. The topological polar surface area (TPSA) is 108 Å². The van der Waals surface area contributed by atoms with E-state index < -0.39 is 7.82 Å². The van der Waals surface area contributed by atoms with E-state index in [1.165, 1.54) is 0 Å². The number of phosphoric acid groups is 1. The van der Waals surface area contributed by atoms with E-state index in [-0.39, 0.29) is 0 Å². The summed E-state index contributed by atoms with van der Waals surface area (Å²) in [5.74, 6) is 0. The number of rotatable bonds is 0. The van der Waals surface area contributed by atoms with Gasteiger partial charge < -0.3 is 20.4 Å². The molecule has 0 aliphatic heterocycles. The van der Waals surface area contributed by atoms with Crippen molar-refractivity contribution in [2.24, 2.45) is 0 Å². The fourth-order valence-corrected chi connectivity index (χ4v) is 0.846. The average molecular weight is 240 g/mol. The minimum atomic E-state index is -4.89. The SMILES string of the molecule is Cc1c([NH3+])cccc1Cl.O=P([O-])(O)O. The van der Waals surface area contributed by atoms with Gasteiger partial charge in [0, 0.05) is 10.6 Å². The first-order valence-corrected chi connectivity index (χ1v) is 5.46. The summed E-state index contributed by atoms with van der Waals surface area (Å²) in [4.78, 5) is 22.9. The molecule has 14 heavy (non-hydrogen) atoms. The lowest BCUT2D eigenvalue weighted by molar-refractivity contribution is -0.255. The molecule has 5 nitrogen and oxygen atoms in total. The second-order valence-electron chi connectivity index (χ2n) is 2.51. The maximum Gasteiger partial charge on any atom is 0.262 e. The van der Waals surface area contributed by atoms with E-state index in [0.29, 0.717) is 0 Å². The third kappa shape index (κ3) is 7.03. The van der Waals surface area contributed by atoms with Gasteiger partial charge in [-0.25, -0.2) is 0 Å². The Morgan fingerprint density at radius 1 is 1.50 bits per heavy atom. The van der Waals surface area contributed by atoms with Crippen molar-refractivity contribution in [3.8, 4) is 0 Å². The molecule has 0 bridgehead atoms. The van der Waals surface area contributed by atoms with E-state index in [1.54, 1.807) is 0 Å². The summed E-state index contributed by atoms with van der Waals surface area (Å²) in [5, 5.41) is 0.794. The molecule has 0 fully saturated rings. The van der Waals surface area contributed by atoms with Gasteiger partial charge in [0.25, 0.3) is 7.82 Å². The van der Waals surface area contributed by atoms with E-state index in [9.17, 15) is 0 Å². The first-order valence-electron chi connectivity index (χ1n) is 3.55. The Bertz CT molecular complexity index is 323. The van der Waals surface area contributed by atoms with Crippen molar-refractivity contribution in [2.75, 3.05) is 0 Å². The molecule has 5 N–H and O–H groups in total. The zero-order valence-corrected chi connectivity index (χ0v) is 9.13. The molecule has 0 amide bonds. The van der Waals surface area contributed by atoms with Gasteiger partial charge >= 0.3 is 0 Å². The molecular weight excluding hydrogens is 229 g/mol. The second kappa shape index (κ2) is 5.46. The summed E-state index contributed by atoms with van der Waals surface area (Å²) < 4.78 is 8.77. The van der Waals surface area contributed by atoms with Crippen LogP contribution in [0.15, 0.2) is 18.2 Å². The molecule has 0 saturated carbocycles. The molecule has 0 atom stereocenters. The van der Waals surface area contributed by atoms with Gasteiger partial charge in [-0.1, -0.05) is 17.7 Å². The maximum atomic E-state index is 8.77. The highest BCUT2D eigenvalue weighted by Gasteiger charge is 1.98. The van der Waals surface area contributed by atoms with E-state index >= 15 is 0 Å². The maximum absolute atomic E-state index is 8.77. The highest BCUT2D eigenvalue weighted by atomic mass is 35.5. The van der Waals surface area contributed by atoms with Gasteiger partial charge in [-0.15, -0.1) is 0 Å². The van der Waals surface area contributed by atoms with Crippen molar-refractivity contribution < 1.29 is 25.0 Å². The number of hydrogen-bond donors (Lipinski definition) is 3. The zero-order chi connectivity index (χ0) is 11.4. The molecule has 0 aliphatic carbocycles. The van der Waals surface area contributed by atoms with E-state index in [4.69, 9.17) is 30.8 Å². The molecule has 0 aliphatic rings. The molecule has 0 radical (unpaired) electrons. The molecule has 7 heteroatoms. The van der Waals surface area contributed by atoms with Crippen molar-refractivity contribution in [3.63, 3.8) is 0 Å². The van der Waals surface area contributed by atoms with Crippen molar-refractivity contribution in [1.29, 1.82) is 0 Å². The second-order valence-corrected chi connectivity index (χ2v) is 3.90. The smallest absolute Gasteiger partial charge is 0.262 e. The highest BCUT2D eigenvalue weighted by molar-refractivity contribution is 7.43. The Labute approximate surface area is 86.4 Å². The lowest BCUT2D eigenvalue weighted by atomic mass is 10.2. The van der Waals surface area contributed by atoms with Gasteiger partial charge in [-0.05, 0) is 19.1 Å². The molecule has 0 unspecified atom stereocenters. The number of halogens is 1. The summed E-state index contributed by atoms with van der Waals surface area (Å²) >= 11 is 5.77. The minimum Gasteiger partial charge on any atom is -0.756 e. The predicted molar refractivity (Wildman–Crippen MR) is 50.8 cm³/mol. The predicted octanol–water partition coefficient (Wildman–Crippen LogP) is -0.0388. The van der Waals surface area contributed by atoms with Crippen LogP contribution in [0.5, 0.6) is 0 Å². The normalized spacial score (nSPS) is 10.4. The van der Waals surface area contributed by atoms with Crippen molar-refractivity contribution >= 4 is 25.1 Å². The minimum absolute atomic E-state index is 0.794. The van der Waals surface area contributed by atoms with Crippen LogP contribution in [0, 0.1) is 6.92 Å². The summed E-state index contributed by atoms with van der Waals surface area (Å²) in [7, 11) is -4.89. The monoisotopic (exact) mass is 239 g/mol. The van der Waals surface area contributed by atoms with Crippen LogP contribution in [-0.4, -0.2) is 9.79 Å². The largest absolute Gasteiger partial charge is 0.756 e. The zero-order valence-electron chi connectivity index (χ0n) is 7.48. The Morgan fingerprint density at radius 3 is 2.21 bits per heavy atom. The van der Waals surface area contributed by atoms with E-state index in [0.717, 1.165) is 16.3 Å². The molecule has 1 aromatic rings. The highest BCUT2D eigenvalue weighted by Crippen LogP contribution is 2.19. The Balaban J connectivity index is 0.000000292. The molecule has 0 heterocycles. The molecule has 1 rings (SSSR count). The van der Waals surface area contributed by atoms with Crippen molar-refractivity contribution in [1.82, 2.24) is 0 Å². The van der Waals surface area contributed by atoms with Crippen molar-refractivity contribution in [3.05, 3.63) is 28.8 Å². The molecule has 0 spiro atoms. The summed E-state index contributed by atoms with van der Waals surface area (Å²) in [6.07, 6.45) is 0. The summed E-state index contributed by atoms with van der Waals surface area (Å²) in [5.41, 5.74) is 5.87. The molecule has 0 saturated heterocycles. The Kier molecular flexibility index (Phi) is 5.29. The van der Waals surface area contributed by atoms with Gasteiger partial charge in [-0.3, -0.25) is 4.57 Å². The van der Waals surface area contributed by atoms with Crippen LogP contribution in [0.25, 0.3) is 0 Å². The van der Waals surface area contributed by atoms with Crippen LogP contribution in [0.3, 0.4) is 0 Å². The fraction of sp³-hybridized carbons (Fsp3) is 0.143. The van der Waals surface area contributed by atoms with Crippen LogP contribution in [0.4, 0.5) is 5.69 Å². The number of hydrogen-bond acceptors (Lipinski definition) is 2. The van der Waals surface area contributed by atoms with Crippen LogP contribution in [0.1, 0.15) is 5.56 Å². The molecule has 0 aromatic heterocycles. The van der Waals surface area contributed by atoms with Gasteiger partial charge in [0.1, 0.15) is 5.69 Å². The lowest BCUT2D eigenvalue weighted by Gasteiger charge is -2.01. The van der Waals surface area contributed by atoms with Crippen LogP contribution >= 0.6 is 19.4 Å². The first-order chi connectivity index (χ1) is 6.22. The van der Waals surface area contributed by atoms with Gasteiger partial charge in [0.2, 0.25) is 0 Å². The average Bonchev–Trinajstić information content (AvgIpc) is 1.97. The third-order valence-corrected chi connectivity index (χ3v) is 1.79. The first kappa shape index (κ1) is 13.6. The van der Waals surface area contributed by atoms with E-state index in [2.05, 4.69) is 5.73 Å². The standard InChI is InChI=1S/C7H8ClN.H3O4P/c1-5-6(8)3-2-4-7(5)9;1-5(2,3)4/h2-4H,9H2,1H3;(H3,1,2,3,4). The molecule has 1 aromatic carbocycles. The van der Waals surface area contributed by atoms with E-state index in [1.807, 2.05) is 25.1 Å². The molecule has 80 valence electrons. The quantitative estimate of drug-likeness (QED) is 0.552. The number of benzene rings is 1. The van der Waals surface area contributed by atoms with Gasteiger partial charge in [0.05, 0.1) is 0 Å². The summed E-state index contributed by atoms with van der Waals surface area (Å²) in [6.45, 7) is 1.96. The van der Waals surface area contributed by atoms with Crippen LogP contribution < -0.4 is 10.6 Å². The number of quaternary nitrogens is 1. The molecular formula is C7H11ClNO4P. The van der Waals surface area contributed by atoms with Crippen molar-refractivity contribution in [2.45, 2.75) is 6.92 Å². The van der Waals surface area contributed by atoms with Gasteiger partial charge in [0.15, 0.2) is 0 Å². The van der Waals surface area contributed by atoms with Gasteiger partial charge in [-0.2, -0.15) is 0 Å².